The number of fused-ring (bicyclic) bond motifs is 1. The maximum absolute atomic E-state index is 12.7. The van der Waals surface area contributed by atoms with Crippen LogP contribution in [0.4, 0.5) is 0 Å². The molecule has 0 saturated carbocycles. The number of rotatable bonds is 3. The Hall–Kier alpha value is -2.95. The maximum atomic E-state index is 12.7. The third-order valence-corrected chi connectivity index (χ3v) is 3.69. The van der Waals surface area contributed by atoms with Crippen molar-refractivity contribution in [2.75, 3.05) is 14.1 Å². The molecule has 5 heteroatoms. The Morgan fingerprint density at radius 1 is 1.09 bits per heavy atom. The van der Waals surface area contributed by atoms with Gasteiger partial charge in [-0.05, 0) is 18.2 Å². The lowest BCUT2D eigenvalue weighted by molar-refractivity contribution is 0.0828. The van der Waals surface area contributed by atoms with Crippen LogP contribution in [0, 0.1) is 0 Å². The van der Waals surface area contributed by atoms with E-state index < -0.39 is 0 Å². The van der Waals surface area contributed by atoms with E-state index in [1.807, 2.05) is 24.3 Å². The largest absolute Gasteiger partial charge is 0.345 e. The lowest BCUT2D eigenvalue weighted by atomic mass is 10.1. The van der Waals surface area contributed by atoms with E-state index in [2.05, 4.69) is 4.98 Å². The first kappa shape index (κ1) is 15.0. The molecule has 0 unspecified atom stereocenters. The van der Waals surface area contributed by atoms with Crippen LogP contribution in [-0.2, 0) is 6.54 Å². The van der Waals surface area contributed by atoms with Gasteiger partial charge >= 0.3 is 0 Å². The monoisotopic (exact) mass is 307 g/mol. The van der Waals surface area contributed by atoms with Gasteiger partial charge in [0, 0.05) is 37.3 Å². The van der Waals surface area contributed by atoms with Crippen molar-refractivity contribution in [1.82, 2.24) is 14.5 Å². The molecule has 0 atom stereocenters. The maximum Gasteiger partial charge on any atom is 0.258 e. The molecule has 3 rings (SSSR count). The third-order valence-electron chi connectivity index (χ3n) is 3.69. The second-order valence-electron chi connectivity index (χ2n) is 5.54. The Morgan fingerprint density at radius 3 is 2.43 bits per heavy atom. The van der Waals surface area contributed by atoms with Crippen LogP contribution >= 0.6 is 0 Å². The predicted octanol–water partition coefficient (Wildman–Crippen LogP) is 2.15. The molecule has 5 nitrogen and oxygen atoms in total. The van der Waals surface area contributed by atoms with Gasteiger partial charge in [-0.1, -0.05) is 24.3 Å². The number of nitrogens with zero attached hydrogens (tertiary/aromatic N) is 3. The van der Waals surface area contributed by atoms with Crippen molar-refractivity contribution in [3.63, 3.8) is 0 Å². The number of carbonyl (C=O) groups excluding carboxylic acids is 1. The number of hydrogen-bond acceptors (Lipinski definition) is 3. The van der Waals surface area contributed by atoms with Crippen LogP contribution < -0.4 is 5.56 Å². The van der Waals surface area contributed by atoms with Crippen LogP contribution in [-0.4, -0.2) is 34.5 Å². The molecule has 1 aromatic carbocycles. The highest BCUT2D eigenvalue weighted by atomic mass is 16.2. The van der Waals surface area contributed by atoms with E-state index in [1.54, 1.807) is 49.3 Å². The summed E-state index contributed by atoms with van der Waals surface area (Å²) in [6.07, 6.45) is 3.31. The minimum Gasteiger partial charge on any atom is -0.345 e. The van der Waals surface area contributed by atoms with Gasteiger partial charge in [-0.15, -0.1) is 0 Å². The number of amides is 1. The zero-order valence-electron chi connectivity index (χ0n) is 13.1. The Balaban J connectivity index is 2.21. The molecule has 0 aliphatic carbocycles. The molecule has 0 aliphatic rings. The molecule has 1 amide bonds. The fourth-order valence-electron chi connectivity index (χ4n) is 2.54. The average molecular weight is 307 g/mol. The van der Waals surface area contributed by atoms with Gasteiger partial charge in [0.15, 0.2) is 0 Å². The lowest BCUT2D eigenvalue weighted by Gasteiger charge is -2.15. The van der Waals surface area contributed by atoms with Gasteiger partial charge in [0.05, 0.1) is 17.8 Å². The number of carbonyl (C=O) groups is 1. The van der Waals surface area contributed by atoms with Crippen LogP contribution in [0.25, 0.3) is 10.8 Å². The second kappa shape index (κ2) is 6.04. The first-order valence-electron chi connectivity index (χ1n) is 7.31. The van der Waals surface area contributed by atoms with E-state index in [4.69, 9.17) is 0 Å². The Morgan fingerprint density at radius 2 is 1.78 bits per heavy atom. The fourth-order valence-corrected chi connectivity index (χ4v) is 2.54. The number of pyridine rings is 2. The number of benzene rings is 1. The summed E-state index contributed by atoms with van der Waals surface area (Å²) in [5.74, 6) is -0.129. The minimum atomic E-state index is -0.129. The average Bonchev–Trinajstić information content (AvgIpc) is 2.57. The van der Waals surface area contributed by atoms with Crippen molar-refractivity contribution in [2.45, 2.75) is 6.54 Å². The van der Waals surface area contributed by atoms with Crippen LogP contribution in [0.15, 0.2) is 59.7 Å². The fraction of sp³-hybridized carbons (Fsp3) is 0.167. The van der Waals surface area contributed by atoms with Gasteiger partial charge in [-0.3, -0.25) is 14.6 Å². The van der Waals surface area contributed by atoms with Gasteiger partial charge < -0.3 is 9.47 Å². The molecule has 0 bridgehead atoms. The zero-order valence-corrected chi connectivity index (χ0v) is 13.1. The molecule has 0 saturated heterocycles. The van der Waals surface area contributed by atoms with E-state index in [0.29, 0.717) is 22.9 Å². The van der Waals surface area contributed by atoms with E-state index in [1.165, 1.54) is 4.90 Å². The summed E-state index contributed by atoms with van der Waals surface area (Å²) in [6.45, 7) is 0.332. The van der Waals surface area contributed by atoms with Crippen molar-refractivity contribution in [1.29, 1.82) is 0 Å². The molecule has 116 valence electrons. The highest BCUT2D eigenvalue weighted by Gasteiger charge is 2.16. The predicted molar refractivity (Wildman–Crippen MR) is 89.6 cm³/mol. The molecule has 23 heavy (non-hydrogen) atoms. The standard InChI is InChI=1S/C18H17N3O2/c1-20(2)17(22)16-12-21(11-13-7-5-6-10-19-13)18(23)15-9-4-3-8-14(15)16/h3-10,12H,11H2,1-2H3. The second-order valence-corrected chi connectivity index (χ2v) is 5.54. The molecular formula is C18H17N3O2. The summed E-state index contributed by atoms with van der Waals surface area (Å²) in [4.78, 5) is 30.9. The molecule has 0 spiro atoms. The summed E-state index contributed by atoms with van der Waals surface area (Å²) >= 11 is 0. The summed E-state index contributed by atoms with van der Waals surface area (Å²) < 4.78 is 1.54. The van der Waals surface area contributed by atoms with E-state index in [9.17, 15) is 9.59 Å². The summed E-state index contributed by atoms with van der Waals surface area (Å²) in [5.41, 5.74) is 1.16. The third kappa shape index (κ3) is 2.85. The van der Waals surface area contributed by atoms with Crippen molar-refractivity contribution >= 4 is 16.7 Å². The van der Waals surface area contributed by atoms with Crippen molar-refractivity contribution in [3.8, 4) is 0 Å². The highest BCUT2D eigenvalue weighted by Crippen LogP contribution is 2.17. The number of hydrogen-bond donors (Lipinski definition) is 0. The van der Waals surface area contributed by atoms with Crippen LogP contribution in [0.5, 0.6) is 0 Å². The molecule has 2 aromatic heterocycles. The summed E-state index contributed by atoms with van der Waals surface area (Å²) in [5, 5.41) is 1.21. The van der Waals surface area contributed by atoms with Gasteiger partial charge in [0.25, 0.3) is 11.5 Å². The SMILES string of the molecule is CN(C)C(=O)c1cn(Cc2ccccn2)c(=O)c2ccccc12. The van der Waals surface area contributed by atoms with E-state index in [-0.39, 0.29) is 11.5 Å². The van der Waals surface area contributed by atoms with Gasteiger partial charge in [-0.2, -0.15) is 0 Å². The van der Waals surface area contributed by atoms with Crippen molar-refractivity contribution in [2.24, 2.45) is 0 Å². The van der Waals surface area contributed by atoms with E-state index in [0.717, 1.165) is 5.69 Å². The normalized spacial score (nSPS) is 10.7. The molecule has 0 aliphatic heterocycles. The smallest absolute Gasteiger partial charge is 0.258 e. The topological polar surface area (TPSA) is 55.2 Å². The first-order chi connectivity index (χ1) is 11.1. The van der Waals surface area contributed by atoms with Gasteiger partial charge in [-0.25, -0.2) is 0 Å². The van der Waals surface area contributed by atoms with Crippen LogP contribution in [0.3, 0.4) is 0 Å². The quantitative estimate of drug-likeness (QED) is 0.745. The van der Waals surface area contributed by atoms with E-state index >= 15 is 0 Å². The first-order valence-corrected chi connectivity index (χ1v) is 7.31. The van der Waals surface area contributed by atoms with Crippen molar-refractivity contribution in [3.05, 3.63) is 76.5 Å². The molecule has 3 aromatic rings. The summed E-state index contributed by atoms with van der Waals surface area (Å²) in [6, 6.07) is 12.7. The highest BCUT2D eigenvalue weighted by molar-refractivity contribution is 6.06. The molecule has 0 N–H and O–H groups in total. The number of aromatic nitrogens is 2. The van der Waals surface area contributed by atoms with Gasteiger partial charge in [0.2, 0.25) is 0 Å². The van der Waals surface area contributed by atoms with Crippen LogP contribution in [0.2, 0.25) is 0 Å². The Kier molecular flexibility index (Phi) is 3.93. The lowest BCUT2D eigenvalue weighted by Crippen LogP contribution is -2.27. The minimum absolute atomic E-state index is 0.124. The molecule has 2 heterocycles. The van der Waals surface area contributed by atoms with Gasteiger partial charge in [0.1, 0.15) is 0 Å². The molecule has 0 radical (unpaired) electrons. The Labute approximate surface area is 133 Å². The van der Waals surface area contributed by atoms with Crippen LogP contribution in [0.1, 0.15) is 16.1 Å². The molecular weight excluding hydrogens is 290 g/mol. The molecule has 0 fully saturated rings. The summed E-state index contributed by atoms with van der Waals surface area (Å²) in [7, 11) is 3.40. The Bertz CT molecular complexity index is 914. The zero-order chi connectivity index (χ0) is 16.4. The van der Waals surface area contributed by atoms with Crippen molar-refractivity contribution < 1.29 is 4.79 Å².